The molecule has 2 atom stereocenters. The van der Waals surface area contributed by atoms with Gasteiger partial charge in [-0.15, -0.1) is 0 Å². The lowest BCUT2D eigenvalue weighted by Gasteiger charge is -2.29. The summed E-state index contributed by atoms with van der Waals surface area (Å²) in [6, 6.07) is 7.55. The summed E-state index contributed by atoms with van der Waals surface area (Å²) in [5, 5.41) is 12.1. The van der Waals surface area contributed by atoms with Crippen molar-refractivity contribution in [3.8, 4) is 0 Å². The van der Waals surface area contributed by atoms with Crippen LogP contribution in [0, 0.1) is 5.92 Å². The second-order valence-electron chi connectivity index (χ2n) is 6.07. The third-order valence-corrected chi connectivity index (χ3v) is 3.46. The summed E-state index contributed by atoms with van der Waals surface area (Å²) in [5.41, 5.74) is 0.739. The van der Waals surface area contributed by atoms with Crippen LogP contribution in [0.2, 0.25) is 0 Å². The molecule has 5 nitrogen and oxygen atoms in total. The van der Waals surface area contributed by atoms with Gasteiger partial charge in [-0.05, 0) is 17.9 Å². The number of hydrogen-bond acceptors (Lipinski definition) is 4. The number of alkyl carbamates (subject to hydrolysis) is 1. The maximum Gasteiger partial charge on any atom is 0.407 e. The molecule has 0 aromatic heterocycles. The van der Waals surface area contributed by atoms with Crippen molar-refractivity contribution in [3.05, 3.63) is 35.9 Å². The summed E-state index contributed by atoms with van der Waals surface area (Å²) >= 11 is 0. The Hall–Kier alpha value is -2.02. The number of benzene rings is 1. The van der Waals surface area contributed by atoms with Gasteiger partial charge in [-0.1, -0.05) is 44.2 Å². The molecule has 1 rings (SSSR count). The smallest absolute Gasteiger partial charge is 0.407 e. The minimum Gasteiger partial charge on any atom is -0.445 e. The number of alkyl halides is 2. The lowest BCUT2D eigenvalue weighted by Crippen LogP contribution is -2.54. The molecule has 0 radical (unpaired) electrons. The van der Waals surface area contributed by atoms with Gasteiger partial charge in [0.2, 0.25) is 5.78 Å². The second-order valence-corrected chi connectivity index (χ2v) is 6.07. The molecule has 24 heavy (non-hydrogen) atoms. The normalized spacial score (nSPS) is 14.1. The topological polar surface area (TPSA) is 75.6 Å². The first kappa shape index (κ1) is 20.0. The maximum absolute atomic E-state index is 13.7. The van der Waals surface area contributed by atoms with Gasteiger partial charge in [-0.3, -0.25) is 4.79 Å². The van der Waals surface area contributed by atoms with Crippen LogP contribution in [0.5, 0.6) is 0 Å². The summed E-state index contributed by atoms with van der Waals surface area (Å²) in [4.78, 5) is 22.9. The van der Waals surface area contributed by atoms with E-state index in [1.165, 1.54) is 0 Å². The van der Waals surface area contributed by atoms with Crippen LogP contribution in [0.1, 0.15) is 32.8 Å². The van der Waals surface area contributed by atoms with E-state index in [4.69, 9.17) is 4.74 Å². The van der Waals surface area contributed by atoms with Crippen LogP contribution < -0.4 is 5.32 Å². The predicted molar refractivity (Wildman–Crippen MR) is 84.6 cm³/mol. The van der Waals surface area contributed by atoms with E-state index in [2.05, 4.69) is 5.32 Å². The SMILES string of the molecule is CC(=O)C(F)(F)C(O)C(CC(C)C)NC(=O)OCc1ccccc1. The van der Waals surface area contributed by atoms with E-state index in [-0.39, 0.29) is 18.9 Å². The largest absolute Gasteiger partial charge is 0.445 e. The lowest BCUT2D eigenvalue weighted by atomic mass is 9.94. The lowest BCUT2D eigenvalue weighted by molar-refractivity contribution is -0.162. The van der Waals surface area contributed by atoms with Crippen molar-refractivity contribution in [1.82, 2.24) is 5.32 Å². The number of aliphatic hydroxyl groups is 1. The highest BCUT2D eigenvalue weighted by Gasteiger charge is 2.48. The van der Waals surface area contributed by atoms with E-state index in [9.17, 15) is 23.5 Å². The highest BCUT2D eigenvalue weighted by molar-refractivity contribution is 5.84. The summed E-state index contributed by atoms with van der Waals surface area (Å²) in [5.74, 6) is -5.48. The van der Waals surface area contributed by atoms with E-state index in [0.717, 1.165) is 5.56 Å². The zero-order valence-electron chi connectivity index (χ0n) is 14.0. The van der Waals surface area contributed by atoms with Crippen LogP contribution >= 0.6 is 0 Å². The third kappa shape index (κ3) is 5.88. The number of carbonyl (C=O) groups excluding carboxylic acids is 2. The Bertz CT molecular complexity index is 549. The average Bonchev–Trinajstić information content (AvgIpc) is 2.52. The number of ketones is 1. The molecule has 0 bridgehead atoms. The Kier molecular flexibility index (Phi) is 7.28. The van der Waals surface area contributed by atoms with Gasteiger partial charge < -0.3 is 15.2 Å². The van der Waals surface area contributed by atoms with Crippen molar-refractivity contribution in [2.75, 3.05) is 0 Å². The van der Waals surface area contributed by atoms with Crippen molar-refractivity contribution in [2.24, 2.45) is 5.92 Å². The zero-order chi connectivity index (χ0) is 18.3. The molecule has 0 aliphatic rings. The molecule has 7 heteroatoms. The molecule has 0 saturated carbocycles. The van der Waals surface area contributed by atoms with Crippen LogP contribution in [-0.4, -0.2) is 35.1 Å². The molecule has 1 aromatic carbocycles. The molecule has 1 amide bonds. The number of aliphatic hydroxyl groups excluding tert-OH is 1. The summed E-state index contributed by atoms with van der Waals surface area (Å²) < 4.78 is 32.5. The van der Waals surface area contributed by atoms with E-state index in [0.29, 0.717) is 6.92 Å². The van der Waals surface area contributed by atoms with Crippen molar-refractivity contribution >= 4 is 11.9 Å². The minimum absolute atomic E-state index is 0.0275. The summed E-state index contributed by atoms with van der Waals surface area (Å²) in [7, 11) is 0. The van der Waals surface area contributed by atoms with Gasteiger partial charge in [0.15, 0.2) is 0 Å². The van der Waals surface area contributed by atoms with Gasteiger partial charge in [-0.2, -0.15) is 8.78 Å². The summed E-state index contributed by atoms with van der Waals surface area (Å²) in [6.45, 7) is 4.18. The van der Waals surface area contributed by atoms with Crippen molar-refractivity contribution in [1.29, 1.82) is 0 Å². The average molecular weight is 343 g/mol. The molecule has 2 N–H and O–H groups in total. The number of amides is 1. The first-order valence-electron chi connectivity index (χ1n) is 7.68. The molecule has 1 aromatic rings. The quantitative estimate of drug-likeness (QED) is 0.761. The molecule has 0 saturated heterocycles. The van der Waals surface area contributed by atoms with Crippen LogP contribution in [0.15, 0.2) is 30.3 Å². The van der Waals surface area contributed by atoms with E-state index >= 15 is 0 Å². The van der Waals surface area contributed by atoms with Gasteiger partial charge in [0.1, 0.15) is 12.7 Å². The fourth-order valence-electron chi connectivity index (χ4n) is 2.15. The van der Waals surface area contributed by atoms with Crippen LogP contribution in [0.3, 0.4) is 0 Å². The number of rotatable bonds is 8. The molecule has 0 fully saturated rings. The van der Waals surface area contributed by atoms with Crippen LogP contribution in [0.4, 0.5) is 13.6 Å². The number of Topliss-reactive ketones (excluding diaryl/α,β-unsaturated/α-hetero) is 1. The summed E-state index contributed by atoms with van der Waals surface area (Å²) in [6.07, 6.45) is -3.17. The fraction of sp³-hybridized carbons (Fsp3) is 0.529. The first-order chi connectivity index (χ1) is 11.1. The maximum atomic E-state index is 13.7. The van der Waals surface area contributed by atoms with Crippen LogP contribution in [0.25, 0.3) is 0 Å². The molecular formula is C17H23F2NO4. The zero-order valence-corrected chi connectivity index (χ0v) is 14.0. The van der Waals surface area contributed by atoms with Gasteiger partial charge in [0.05, 0.1) is 6.04 Å². The van der Waals surface area contributed by atoms with Gasteiger partial charge in [0, 0.05) is 6.92 Å². The van der Waals surface area contributed by atoms with Crippen molar-refractivity contribution in [2.45, 2.75) is 51.9 Å². The number of carbonyl (C=O) groups is 2. The third-order valence-electron chi connectivity index (χ3n) is 3.46. The number of halogens is 2. The Balaban J connectivity index is 2.71. The van der Waals surface area contributed by atoms with E-state index in [1.54, 1.807) is 38.1 Å². The molecule has 0 spiro atoms. The number of hydrogen-bond donors (Lipinski definition) is 2. The van der Waals surface area contributed by atoms with Gasteiger partial charge in [-0.25, -0.2) is 4.79 Å². The van der Waals surface area contributed by atoms with E-state index < -0.39 is 29.9 Å². The van der Waals surface area contributed by atoms with Gasteiger partial charge in [0.25, 0.3) is 0 Å². The monoisotopic (exact) mass is 343 g/mol. The predicted octanol–water partition coefficient (Wildman–Crippen LogP) is 2.91. The van der Waals surface area contributed by atoms with E-state index in [1.807, 2.05) is 6.07 Å². The second kappa shape index (κ2) is 8.73. The molecule has 134 valence electrons. The highest BCUT2D eigenvalue weighted by atomic mass is 19.3. The molecule has 0 heterocycles. The van der Waals surface area contributed by atoms with Crippen molar-refractivity contribution in [3.63, 3.8) is 0 Å². The standard InChI is InChI=1S/C17H23F2NO4/c1-11(2)9-14(15(22)17(18,19)12(3)21)20-16(23)24-10-13-7-5-4-6-8-13/h4-8,11,14-15,22H,9-10H2,1-3H3,(H,20,23). The Morgan fingerprint density at radius 1 is 1.25 bits per heavy atom. The van der Waals surface area contributed by atoms with Crippen LogP contribution in [-0.2, 0) is 16.1 Å². The Labute approximate surface area is 140 Å². The Morgan fingerprint density at radius 3 is 2.33 bits per heavy atom. The van der Waals surface area contributed by atoms with Crippen molar-refractivity contribution < 1.29 is 28.2 Å². The molecule has 2 unspecified atom stereocenters. The highest BCUT2D eigenvalue weighted by Crippen LogP contribution is 2.25. The molecular weight excluding hydrogens is 320 g/mol. The minimum atomic E-state index is -3.94. The first-order valence-corrected chi connectivity index (χ1v) is 7.68. The molecule has 0 aliphatic heterocycles. The van der Waals surface area contributed by atoms with Gasteiger partial charge >= 0.3 is 12.0 Å². The molecule has 0 aliphatic carbocycles. The number of nitrogens with one attached hydrogen (secondary N) is 1. The Morgan fingerprint density at radius 2 is 1.83 bits per heavy atom. The fourth-order valence-corrected chi connectivity index (χ4v) is 2.15. The number of ether oxygens (including phenoxy) is 1.